The molecule has 1 nitrogen and oxygen atoms in total. The molecular formula is C17H12N. The van der Waals surface area contributed by atoms with E-state index in [0.717, 1.165) is 5.56 Å². The van der Waals surface area contributed by atoms with Gasteiger partial charge in [-0.2, -0.15) is 0 Å². The maximum absolute atomic E-state index is 7.66. The van der Waals surface area contributed by atoms with Crippen LogP contribution in [0.15, 0.2) is 54.6 Å². The normalized spacial score (nSPS) is 11.8. The topological polar surface area (TPSA) is 23.8 Å². The molecule has 0 bridgehead atoms. The van der Waals surface area contributed by atoms with E-state index in [1.54, 1.807) is 0 Å². The van der Waals surface area contributed by atoms with Crippen molar-refractivity contribution in [2.75, 3.05) is 0 Å². The van der Waals surface area contributed by atoms with Crippen LogP contribution in [0.3, 0.4) is 0 Å². The lowest BCUT2D eigenvalue weighted by atomic mass is 9.92. The van der Waals surface area contributed by atoms with Crippen LogP contribution in [0.2, 0.25) is 0 Å². The van der Waals surface area contributed by atoms with Crippen molar-refractivity contribution >= 4 is 32.3 Å². The largest absolute Gasteiger partial charge is 0.253 e. The van der Waals surface area contributed by atoms with Gasteiger partial charge in [-0.1, -0.05) is 54.6 Å². The number of hydrogen-bond acceptors (Lipinski definition) is 0. The highest BCUT2D eigenvalue weighted by Gasteiger charge is 2.09. The predicted molar refractivity (Wildman–Crippen MR) is 76.9 cm³/mol. The fourth-order valence-corrected chi connectivity index (χ4v) is 2.95. The smallest absolute Gasteiger partial charge is 0.0357 e. The molecule has 0 aromatic heterocycles. The van der Waals surface area contributed by atoms with Gasteiger partial charge in [-0.3, -0.25) is 5.73 Å². The standard InChI is InChI=1S/C17H12N/c18-10-14-7-6-13-5-4-11-2-1-3-12-8-9-15(14)17(13)16(11)12/h1-9,18H,10H2. The van der Waals surface area contributed by atoms with Gasteiger partial charge in [-0.25, -0.2) is 0 Å². The van der Waals surface area contributed by atoms with E-state index in [2.05, 4.69) is 54.6 Å². The molecule has 0 fully saturated rings. The Kier molecular flexibility index (Phi) is 1.88. The summed E-state index contributed by atoms with van der Waals surface area (Å²) in [5, 5.41) is 7.72. The second-order valence-corrected chi connectivity index (χ2v) is 4.76. The van der Waals surface area contributed by atoms with Crippen LogP contribution >= 0.6 is 0 Å². The van der Waals surface area contributed by atoms with E-state index in [1.807, 2.05) is 0 Å². The highest BCUT2D eigenvalue weighted by molar-refractivity contribution is 6.23. The van der Waals surface area contributed by atoms with E-state index >= 15 is 0 Å². The number of nitrogens with one attached hydrogen (secondary N) is 1. The molecule has 85 valence electrons. The molecule has 4 rings (SSSR count). The molecule has 4 aromatic carbocycles. The van der Waals surface area contributed by atoms with Gasteiger partial charge in [0.1, 0.15) is 0 Å². The first-order valence-electron chi connectivity index (χ1n) is 6.18. The Labute approximate surface area is 105 Å². The maximum Gasteiger partial charge on any atom is 0.0357 e. The van der Waals surface area contributed by atoms with E-state index in [0.29, 0.717) is 6.54 Å². The first kappa shape index (κ1) is 9.86. The van der Waals surface area contributed by atoms with Crippen molar-refractivity contribution in [2.24, 2.45) is 0 Å². The SMILES string of the molecule is [NH]Cc1ccc2ccc3cccc4ccc1c2c34. The van der Waals surface area contributed by atoms with Crippen LogP contribution in [0.5, 0.6) is 0 Å². The number of hydrogen-bond donors (Lipinski definition) is 0. The van der Waals surface area contributed by atoms with Crippen LogP contribution in [0.4, 0.5) is 0 Å². The third-order valence-electron chi connectivity index (χ3n) is 3.81. The Morgan fingerprint density at radius 2 is 1.28 bits per heavy atom. The van der Waals surface area contributed by atoms with Gasteiger partial charge >= 0.3 is 0 Å². The third-order valence-corrected chi connectivity index (χ3v) is 3.81. The summed E-state index contributed by atoms with van der Waals surface area (Å²) < 4.78 is 0. The molecule has 0 heterocycles. The van der Waals surface area contributed by atoms with E-state index in [-0.39, 0.29) is 0 Å². The highest BCUT2D eigenvalue weighted by atomic mass is 14.5. The van der Waals surface area contributed by atoms with Gasteiger partial charge in [-0.15, -0.1) is 0 Å². The van der Waals surface area contributed by atoms with Gasteiger partial charge in [0.15, 0.2) is 0 Å². The van der Waals surface area contributed by atoms with Gasteiger partial charge in [-0.05, 0) is 37.9 Å². The molecule has 4 aromatic rings. The van der Waals surface area contributed by atoms with Gasteiger partial charge < -0.3 is 0 Å². The Morgan fingerprint density at radius 3 is 2.00 bits per heavy atom. The van der Waals surface area contributed by atoms with Crippen molar-refractivity contribution in [3.8, 4) is 0 Å². The van der Waals surface area contributed by atoms with Crippen molar-refractivity contribution < 1.29 is 0 Å². The summed E-state index contributed by atoms with van der Waals surface area (Å²) in [6, 6.07) is 19.3. The lowest BCUT2D eigenvalue weighted by molar-refractivity contribution is 1.04. The second-order valence-electron chi connectivity index (χ2n) is 4.76. The minimum atomic E-state index is 0.341. The van der Waals surface area contributed by atoms with Crippen LogP contribution in [0, 0.1) is 0 Å². The van der Waals surface area contributed by atoms with E-state index in [1.165, 1.54) is 32.3 Å². The molecule has 0 saturated heterocycles. The van der Waals surface area contributed by atoms with Gasteiger partial charge in [0.05, 0.1) is 0 Å². The summed E-state index contributed by atoms with van der Waals surface area (Å²) in [6.07, 6.45) is 0. The molecule has 0 aliphatic carbocycles. The van der Waals surface area contributed by atoms with Crippen LogP contribution in [-0.4, -0.2) is 0 Å². The van der Waals surface area contributed by atoms with E-state index < -0.39 is 0 Å². The van der Waals surface area contributed by atoms with Crippen LogP contribution in [-0.2, 0) is 6.54 Å². The third kappa shape index (κ3) is 1.14. The Hall–Kier alpha value is -2.12. The minimum absolute atomic E-state index is 0.341. The zero-order chi connectivity index (χ0) is 12.1. The average molecular weight is 230 g/mol. The second kappa shape index (κ2) is 3.44. The summed E-state index contributed by atoms with van der Waals surface area (Å²) in [5.74, 6) is 0. The molecule has 0 aliphatic rings. The molecule has 1 N–H and O–H groups in total. The predicted octanol–water partition coefficient (Wildman–Crippen LogP) is 4.37. The average Bonchev–Trinajstić information content (AvgIpc) is 2.44. The molecular weight excluding hydrogens is 218 g/mol. The first-order chi connectivity index (χ1) is 8.88. The summed E-state index contributed by atoms with van der Waals surface area (Å²) >= 11 is 0. The monoisotopic (exact) mass is 230 g/mol. The summed E-state index contributed by atoms with van der Waals surface area (Å²) in [6.45, 7) is 0.341. The zero-order valence-corrected chi connectivity index (χ0v) is 9.90. The summed E-state index contributed by atoms with van der Waals surface area (Å²) in [7, 11) is 0. The van der Waals surface area contributed by atoms with Gasteiger partial charge in [0, 0.05) is 6.54 Å². The Morgan fingerprint density at radius 1 is 0.667 bits per heavy atom. The highest BCUT2D eigenvalue weighted by Crippen LogP contribution is 2.35. The summed E-state index contributed by atoms with van der Waals surface area (Å²) in [5.41, 5.74) is 8.77. The quantitative estimate of drug-likeness (QED) is 0.434. The number of benzene rings is 4. The molecule has 0 amide bonds. The van der Waals surface area contributed by atoms with Crippen molar-refractivity contribution in [3.05, 3.63) is 60.2 Å². The molecule has 0 saturated carbocycles. The fraction of sp³-hybridized carbons (Fsp3) is 0.0588. The Bertz CT molecular complexity index is 845. The van der Waals surface area contributed by atoms with Gasteiger partial charge in [0.2, 0.25) is 0 Å². The first-order valence-corrected chi connectivity index (χ1v) is 6.18. The molecule has 0 aliphatic heterocycles. The Balaban J connectivity index is 2.40. The fourth-order valence-electron chi connectivity index (χ4n) is 2.95. The molecule has 18 heavy (non-hydrogen) atoms. The van der Waals surface area contributed by atoms with Crippen molar-refractivity contribution in [1.29, 1.82) is 0 Å². The summed E-state index contributed by atoms with van der Waals surface area (Å²) in [4.78, 5) is 0. The van der Waals surface area contributed by atoms with E-state index in [4.69, 9.17) is 5.73 Å². The molecule has 0 atom stereocenters. The van der Waals surface area contributed by atoms with Crippen LogP contribution in [0.25, 0.3) is 32.3 Å². The van der Waals surface area contributed by atoms with Gasteiger partial charge in [0.25, 0.3) is 0 Å². The van der Waals surface area contributed by atoms with Crippen LogP contribution < -0.4 is 5.73 Å². The molecule has 1 radical (unpaired) electrons. The van der Waals surface area contributed by atoms with Crippen LogP contribution in [0.1, 0.15) is 5.56 Å². The lowest BCUT2D eigenvalue weighted by Crippen LogP contribution is -1.90. The molecule has 0 unspecified atom stereocenters. The van der Waals surface area contributed by atoms with E-state index in [9.17, 15) is 0 Å². The minimum Gasteiger partial charge on any atom is -0.253 e. The van der Waals surface area contributed by atoms with Crippen molar-refractivity contribution in [2.45, 2.75) is 6.54 Å². The number of rotatable bonds is 1. The zero-order valence-electron chi connectivity index (χ0n) is 9.90. The maximum atomic E-state index is 7.66. The molecule has 1 heteroatoms. The van der Waals surface area contributed by atoms with Crippen molar-refractivity contribution in [3.63, 3.8) is 0 Å². The lowest BCUT2D eigenvalue weighted by Gasteiger charge is -2.12. The molecule has 0 spiro atoms. The van der Waals surface area contributed by atoms with Crippen molar-refractivity contribution in [1.82, 2.24) is 5.73 Å².